The molecule has 0 saturated heterocycles. The first-order valence-corrected chi connectivity index (χ1v) is 9.95. The van der Waals surface area contributed by atoms with Crippen LogP contribution in [0.3, 0.4) is 0 Å². The topological polar surface area (TPSA) is 68.7 Å². The van der Waals surface area contributed by atoms with Crippen molar-refractivity contribution >= 4 is 5.96 Å². The molecule has 146 valence electrons. The summed E-state index contributed by atoms with van der Waals surface area (Å²) in [6.07, 6.45) is 3.61. The molecular formula is C21H36N4O. The van der Waals surface area contributed by atoms with Gasteiger partial charge < -0.3 is 21.1 Å². The number of nitrogens with one attached hydrogen (secondary N) is 3. The first-order valence-electron chi connectivity index (χ1n) is 9.95. The quantitative estimate of drug-likeness (QED) is 0.446. The number of aliphatic hydroxyl groups excluding tert-OH is 1. The van der Waals surface area contributed by atoms with E-state index < -0.39 is 0 Å². The molecule has 5 nitrogen and oxygen atoms in total. The van der Waals surface area contributed by atoms with E-state index in [2.05, 4.69) is 67.9 Å². The molecule has 0 aromatic heterocycles. The van der Waals surface area contributed by atoms with Crippen molar-refractivity contribution in [3.8, 4) is 0 Å². The molecule has 1 saturated carbocycles. The van der Waals surface area contributed by atoms with Crippen molar-refractivity contribution < 1.29 is 5.11 Å². The van der Waals surface area contributed by atoms with Gasteiger partial charge in [0, 0.05) is 24.2 Å². The highest BCUT2D eigenvalue weighted by Gasteiger charge is 2.22. The number of benzene rings is 1. The van der Waals surface area contributed by atoms with Crippen LogP contribution in [0.25, 0.3) is 0 Å². The van der Waals surface area contributed by atoms with Crippen molar-refractivity contribution in [1.82, 2.24) is 16.0 Å². The molecule has 1 unspecified atom stereocenters. The number of guanidine groups is 1. The predicted molar refractivity (Wildman–Crippen MR) is 109 cm³/mol. The van der Waals surface area contributed by atoms with Crippen molar-refractivity contribution in [2.45, 2.75) is 77.1 Å². The van der Waals surface area contributed by atoms with Gasteiger partial charge in [-0.25, -0.2) is 0 Å². The second-order valence-electron chi connectivity index (χ2n) is 8.01. The first-order chi connectivity index (χ1) is 12.4. The Balaban J connectivity index is 1.91. The lowest BCUT2D eigenvalue weighted by atomic mass is 9.93. The van der Waals surface area contributed by atoms with Crippen molar-refractivity contribution in [2.75, 3.05) is 13.1 Å². The van der Waals surface area contributed by atoms with Crippen LogP contribution in [-0.2, 0) is 0 Å². The van der Waals surface area contributed by atoms with E-state index in [1.165, 1.54) is 5.56 Å². The van der Waals surface area contributed by atoms with Gasteiger partial charge in [0.25, 0.3) is 0 Å². The fourth-order valence-corrected chi connectivity index (χ4v) is 3.47. The average Bonchev–Trinajstić information content (AvgIpc) is 2.62. The van der Waals surface area contributed by atoms with E-state index in [0.29, 0.717) is 12.6 Å². The van der Waals surface area contributed by atoms with Gasteiger partial charge in [0.1, 0.15) is 0 Å². The van der Waals surface area contributed by atoms with Gasteiger partial charge in [-0.15, -0.1) is 0 Å². The highest BCUT2D eigenvalue weighted by molar-refractivity contribution is 5.80. The maximum Gasteiger partial charge on any atom is 0.191 e. The van der Waals surface area contributed by atoms with Crippen LogP contribution in [0, 0.1) is 0 Å². The third-order valence-corrected chi connectivity index (χ3v) is 4.92. The SMILES string of the molecule is CCNC(=NCC(C)(C)NC(C)c1ccccc1)NC1CCC(O)CC1. The number of hydrogen-bond donors (Lipinski definition) is 4. The minimum Gasteiger partial charge on any atom is -0.393 e. The molecule has 0 radical (unpaired) electrons. The Morgan fingerprint density at radius 1 is 1.19 bits per heavy atom. The van der Waals surface area contributed by atoms with E-state index in [4.69, 9.17) is 4.99 Å². The van der Waals surface area contributed by atoms with Crippen molar-refractivity contribution in [3.63, 3.8) is 0 Å². The Kier molecular flexibility index (Phi) is 7.91. The van der Waals surface area contributed by atoms with Crippen molar-refractivity contribution in [3.05, 3.63) is 35.9 Å². The highest BCUT2D eigenvalue weighted by atomic mass is 16.3. The van der Waals surface area contributed by atoms with Crippen LogP contribution in [-0.4, -0.2) is 41.8 Å². The van der Waals surface area contributed by atoms with E-state index in [-0.39, 0.29) is 17.7 Å². The molecule has 0 bridgehead atoms. The predicted octanol–water partition coefficient (Wildman–Crippen LogP) is 2.97. The molecule has 26 heavy (non-hydrogen) atoms. The summed E-state index contributed by atoms with van der Waals surface area (Å²) in [6, 6.07) is 11.2. The third kappa shape index (κ3) is 6.96. The lowest BCUT2D eigenvalue weighted by molar-refractivity contribution is 0.120. The van der Waals surface area contributed by atoms with Crippen molar-refractivity contribution in [2.24, 2.45) is 4.99 Å². The molecular weight excluding hydrogens is 324 g/mol. The number of aliphatic imine (C=N–C) groups is 1. The molecule has 0 aliphatic heterocycles. The maximum absolute atomic E-state index is 9.67. The molecule has 1 atom stereocenters. The van der Waals surface area contributed by atoms with Gasteiger partial charge in [0.15, 0.2) is 5.96 Å². The minimum atomic E-state index is -0.129. The van der Waals surface area contributed by atoms with E-state index in [1.54, 1.807) is 0 Å². The van der Waals surface area contributed by atoms with Crippen LogP contribution < -0.4 is 16.0 Å². The molecule has 4 N–H and O–H groups in total. The fourth-order valence-electron chi connectivity index (χ4n) is 3.47. The summed E-state index contributed by atoms with van der Waals surface area (Å²) in [6.45, 7) is 10.2. The normalized spacial score (nSPS) is 22.7. The largest absolute Gasteiger partial charge is 0.393 e. The summed E-state index contributed by atoms with van der Waals surface area (Å²) in [5.74, 6) is 0.871. The van der Waals surface area contributed by atoms with Gasteiger partial charge in [0.2, 0.25) is 0 Å². The molecule has 1 aliphatic rings. The first kappa shape index (κ1) is 20.7. The molecule has 0 amide bonds. The molecule has 1 aromatic rings. The van der Waals surface area contributed by atoms with Gasteiger partial charge in [-0.3, -0.25) is 4.99 Å². The Morgan fingerprint density at radius 2 is 1.85 bits per heavy atom. The molecule has 1 aliphatic carbocycles. The van der Waals surface area contributed by atoms with E-state index in [1.807, 2.05) is 6.07 Å². The Morgan fingerprint density at radius 3 is 2.46 bits per heavy atom. The molecule has 0 heterocycles. The van der Waals surface area contributed by atoms with Gasteiger partial charge in [-0.1, -0.05) is 30.3 Å². The molecule has 1 aromatic carbocycles. The van der Waals surface area contributed by atoms with Crippen LogP contribution in [0.1, 0.15) is 65.0 Å². The molecule has 5 heteroatoms. The fraction of sp³-hybridized carbons (Fsp3) is 0.667. The Bertz CT molecular complexity index is 550. The lowest BCUT2D eigenvalue weighted by Gasteiger charge is -2.31. The highest BCUT2D eigenvalue weighted by Crippen LogP contribution is 2.19. The smallest absolute Gasteiger partial charge is 0.191 e. The van der Waals surface area contributed by atoms with Gasteiger partial charge >= 0.3 is 0 Å². The lowest BCUT2D eigenvalue weighted by Crippen LogP contribution is -2.48. The van der Waals surface area contributed by atoms with E-state index >= 15 is 0 Å². The van der Waals surface area contributed by atoms with Crippen LogP contribution in [0.15, 0.2) is 35.3 Å². The van der Waals surface area contributed by atoms with Crippen LogP contribution >= 0.6 is 0 Å². The number of aliphatic hydroxyl groups is 1. The van der Waals surface area contributed by atoms with Crippen molar-refractivity contribution in [1.29, 1.82) is 0 Å². The standard InChI is InChI=1S/C21H36N4O/c1-5-22-20(24-18-11-13-19(26)14-12-18)23-15-21(3,4)25-16(2)17-9-7-6-8-10-17/h6-10,16,18-19,25-26H,5,11-15H2,1-4H3,(H2,22,23,24). The summed E-state index contributed by atoms with van der Waals surface area (Å²) >= 11 is 0. The van der Waals surface area contributed by atoms with Gasteiger partial charge in [-0.05, 0) is 58.9 Å². The zero-order valence-electron chi connectivity index (χ0n) is 16.8. The summed E-state index contributed by atoms with van der Waals surface area (Å²) in [5.41, 5.74) is 1.18. The number of rotatable bonds is 7. The van der Waals surface area contributed by atoms with Gasteiger partial charge in [-0.2, -0.15) is 0 Å². The monoisotopic (exact) mass is 360 g/mol. The van der Waals surface area contributed by atoms with Crippen LogP contribution in [0.5, 0.6) is 0 Å². The molecule has 2 rings (SSSR count). The van der Waals surface area contributed by atoms with E-state index in [0.717, 1.165) is 38.2 Å². The Hall–Kier alpha value is -1.59. The summed E-state index contributed by atoms with van der Waals surface area (Å²) < 4.78 is 0. The van der Waals surface area contributed by atoms with Gasteiger partial charge in [0.05, 0.1) is 12.6 Å². The maximum atomic E-state index is 9.67. The second kappa shape index (κ2) is 9.93. The summed E-state index contributed by atoms with van der Waals surface area (Å²) in [5, 5.41) is 20.2. The Labute approximate surface area is 158 Å². The molecule has 1 fully saturated rings. The number of hydrogen-bond acceptors (Lipinski definition) is 3. The minimum absolute atomic E-state index is 0.111. The van der Waals surface area contributed by atoms with E-state index in [9.17, 15) is 5.11 Å². The number of nitrogens with zero attached hydrogens (tertiary/aromatic N) is 1. The molecule has 0 spiro atoms. The zero-order valence-corrected chi connectivity index (χ0v) is 16.8. The summed E-state index contributed by atoms with van der Waals surface area (Å²) in [4.78, 5) is 4.81. The summed E-state index contributed by atoms with van der Waals surface area (Å²) in [7, 11) is 0. The third-order valence-electron chi connectivity index (χ3n) is 4.92. The second-order valence-corrected chi connectivity index (χ2v) is 8.01. The zero-order chi connectivity index (χ0) is 19.0. The average molecular weight is 361 g/mol. The van der Waals surface area contributed by atoms with Crippen LogP contribution in [0.2, 0.25) is 0 Å². The van der Waals surface area contributed by atoms with Crippen LogP contribution in [0.4, 0.5) is 0 Å².